The van der Waals surface area contributed by atoms with Crippen molar-refractivity contribution in [2.24, 2.45) is 5.73 Å². The van der Waals surface area contributed by atoms with Crippen LogP contribution in [-0.2, 0) is 19.5 Å². The Bertz CT molecular complexity index is 578. The molecule has 0 radical (unpaired) electrons. The predicted molar refractivity (Wildman–Crippen MR) is 64.2 cm³/mol. The van der Waals surface area contributed by atoms with Gasteiger partial charge >= 0.3 is 22.5 Å². The Morgan fingerprint density at radius 1 is 1.33 bits per heavy atom. The molecular formula is C8H13N5O7S. The Morgan fingerprint density at radius 3 is 2.57 bits per heavy atom. The van der Waals surface area contributed by atoms with E-state index in [0.29, 0.717) is 5.06 Å². The summed E-state index contributed by atoms with van der Waals surface area (Å²) in [5, 5.41) is 0.518. The molecule has 2 saturated heterocycles. The third-order valence-corrected chi connectivity index (χ3v) is 3.46. The van der Waals surface area contributed by atoms with Crippen molar-refractivity contribution in [1.29, 1.82) is 0 Å². The van der Waals surface area contributed by atoms with Crippen molar-refractivity contribution in [2.75, 3.05) is 6.54 Å². The molecule has 0 aromatic rings. The average Bonchev–Trinajstić information content (AvgIpc) is 2.60. The van der Waals surface area contributed by atoms with Crippen molar-refractivity contribution in [3.63, 3.8) is 0 Å². The largest absolute Gasteiger partial charge is 0.418 e. The third-order valence-electron chi connectivity index (χ3n) is 3.11. The average molecular weight is 323 g/mol. The number of primary amides is 1. The monoisotopic (exact) mass is 323 g/mol. The fourth-order valence-corrected chi connectivity index (χ4v) is 2.70. The Kier molecular flexibility index (Phi) is 3.89. The molecule has 5 N–H and O–H groups in total. The molecule has 0 aromatic heterocycles. The summed E-state index contributed by atoms with van der Waals surface area (Å²) in [4.78, 5) is 35.4. The van der Waals surface area contributed by atoms with Crippen LogP contribution in [0.3, 0.4) is 0 Å². The van der Waals surface area contributed by atoms with Gasteiger partial charge in [0.2, 0.25) is 0 Å². The quantitative estimate of drug-likeness (QED) is 0.333. The van der Waals surface area contributed by atoms with E-state index in [1.165, 1.54) is 0 Å². The van der Waals surface area contributed by atoms with Gasteiger partial charge in [0.1, 0.15) is 6.04 Å². The number of hydrazine groups is 1. The molecule has 2 fully saturated rings. The molecule has 2 bridgehead atoms. The van der Waals surface area contributed by atoms with Crippen LogP contribution < -0.4 is 16.6 Å². The van der Waals surface area contributed by atoms with E-state index in [-0.39, 0.29) is 19.4 Å². The molecule has 21 heavy (non-hydrogen) atoms. The Hall–Kier alpha value is -2.12. The lowest BCUT2D eigenvalue weighted by atomic mass is 10.0. The lowest BCUT2D eigenvalue weighted by Crippen LogP contribution is -2.55. The van der Waals surface area contributed by atoms with E-state index in [0.717, 1.165) is 4.90 Å². The molecule has 0 saturated carbocycles. The second-order valence-corrected chi connectivity index (χ2v) is 5.49. The molecule has 2 aliphatic rings. The summed E-state index contributed by atoms with van der Waals surface area (Å²) in [6, 6.07) is -3.33. The van der Waals surface area contributed by atoms with Crippen LogP contribution in [0.15, 0.2) is 0 Å². The molecule has 0 aliphatic carbocycles. The first kappa shape index (κ1) is 15.3. The summed E-state index contributed by atoms with van der Waals surface area (Å²) in [6.45, 7) is 0.0585. The zero-order valence-electron chi connectivity index (χ0n) is 10.6. The molecule has 2 atom stereocenters. The Labute approximate surface area is 119 Å². The number of carbonyl (C=O) groups is 3. The maximum atomic E-state index is 12.0. The summed E-state index contributed by atoms with van der Waals surface area (Å²) in [5.74, 6) is -0.672. The minimum absolute atomic E-state index is 0.0585. The van der Waals surface area contributed by atoms with E-state index < -0.39 is 40.5 Å². The molecule has 5 amide bonds. The van der Waals surface area contributed by atoms with E-state index in [1.54, 1.807) is 0 Å². The molecule has 2 heterocycles. The molecule has 13 heteroatoms. The van der Waals surface area contributed by atoms with Crippen LogP contribution in [0.1, 0.15) is 12.8 Å². The van der Waals surface area contributed by atoms with Crippen molar-refractivity contribution in [1.82, 2.24) is 20.8 Å². The predicted octanol–water partition coefficient (Wildman–Crippen LogP) is -2.31. The highest BCUT2D eigenvalue weighted by Crippen LogP contribution is 2.30. The lowest BCUT2D eigenvalue weighted by Gasteiger charge is -2.28. The van der Waals surface area contributed by atoms with Crippen molar-refractivity contribution in [3.8, 4) is 0 Å². The van der Waals surface area contributed by atoms with Crippen LogP contribution in [0.5, 0.6) is 0 Å². The summed E-state index contributed by atoms with van der Waals surface area (Å²) < 4.78 is 34.2. The lowest BCUT2D eigenvalue weighted by molar-refractivity contribution is -0.126. The topological polar surface area (TPSA) is 171 Å². The van der Waals surface area contributed by atoms with Gasteiger partial charge in [-0.3, -0.25) is 14.8 Å². The van der Waals surface area contributed by atoms with Crippen molar-refractivity contribution in [2.45, 2.75) is 24.9 Å². The van der Waals surface area contributed by atoms with Gasteiger partial charge in [0, 0.05) is 6.54 Å². The number of nitrogens with two attached hydrogens (primary N) is 1. The number of fused-ring (bicyclic) bond motifs is 2. The first-order valence-electron chi connectivity index (χ1n) is 5.81. The zero-order chi connectivity index (χ0) is 15.8. The fourth-order valence-electron chi connectivity index (χ4n) is 2.31. The van der Waals surface area contributed by atoms with E-state index >= 15 is 0 Å². The first-order chi connectivity index (χ1) is 9.69. The van der Waals surface area contributed by atoms with E-state index in [4.69, 9.17) is 10.3 Å². The van der Waals surface area contributed by atoms with Gasteiger partial charge in [-0.1, -0.05) is 0 Å². The van der Waals surface area contributed by atoms with Gasteiger partial charge in [-0.25, -0.2) is 15.0 Å². The first-order valence-corrected chi connectivity index (χ1v) is 7.17. The van der Waals surface area contributed by atoms with E-state index in [1.807, 2.05) is 10.9 Å². The number of nitrogens with zero attached hydrogens (tertiary/aromatic N) is 2. The molecule has 2 rings (SSSR count). The highest BCUT2D eigenvalue weighted by molar-refractivity contribution is 7.80. The van der Waals surface area contributed by atoms with Gasteiger partial charge in [0.05, 0.1) is 6.04 Å². The van der Waals surface area contributed by atoms with Gasteiger partial charge < -0.3 is 10.6 Å². The van der Waals surface area contributed by atoms with Gasteiger partial charge in [-0.15, -0.1) is 4.28 Å². The van der Waals surface area contributed by atoms with E-state index in [2.05, 4.69) is 4.28 Å². The number of amides is 5. The molecule has 2 aliphatic heterocycles. The third kappa shape index (κ3) is 3.32. The molecule has 0 aromatic carbocycles. The molecule has 118 valence electrons. The van der Waals surface area contributed by atoms with Crippen LogP contribution in [0.2, 0.25) is 0 Å². The smallest absolute Gasteiger partial charge is 0.350 e. The highest BCUT2D eigenvalue weighted by Gasteiger charge is 2.49. The number of carbonyl (C=O) groups excluding carboxylic acids is 3. The maximum absolute atomic E-state index is 12.0. The molecule has 12 nitrogen and oxygen atoms in total. The summed E-state index contributed by atoms with van der Waals surface area (Å²) in [7, 11) is -4.83. The van der Waals surface area contributed by atoms with Crippen LogP contribution in [0.4, 0.5) is 9.59 Å². The van der Waals surface area contributed by atoms with Gasteiger partial charge in [-0.05, 0) is 12.8 Å². The van der Waals surface area contributed by atoms with Crippen molar-refractivity contribution < 1.29 is 31.6 Å². The number of hydroxylamine groups is 2. The second kappa shape index (κ2) is 5.34. The number of piperidine rings is 1. The van der Waals surface area contributed by atoms with Gasteiger partial charge in [0.15, 0.2) is 0 Å². The second-order valence-electron chi connectivity index (χ2n) is 4.49. The standard InChI is InChI=1S/C8H13N5O7S/c9-7(15)11-10-6(14)5-2-1-4-3-12(5)8(16)13(4)20-21(17,18)19/h4-5H,1-3H2,(H,10,14)(H3,9,11,15)(H,17,18,19)/t4-,5+/m1/s1. The zero-order valence-corrected chi connectivity index (χ0v) is 11.4. The summed E-state index contributed by atoms with van der Waals surface area (Å²) in [6.07, 6.45) is 0.514. The van der Waals surface area contributed by atoms with Gasteiger partial charge in [0.25, 0.3) is 5.91 Å². The van der Waals surface area contributed by atoms with Gasteiger partial charge in [-0.2, -0.15) is 13.5 Å². The molecule has 0 spiro atoms. The summed E-state index contributed by atoms with van der Waals surface area (Å²) >= 11 is 0. The number of rotatable bonds is 3. The number of hydrogen-bond acceptors (Lipinski definition) is 6. The van der Waals surface area contributed by atoms with Crippen molar-refractivity contribution in [3.05, 3.63) is 0 Å². The number of hydrogen-bond donors (Lipinski definition) is 4. The Morgan fingerprint density at radius 2 is 2.00 bits per heavy atom. The molecular weight excluding hydrogens is 310 g/mol. The minimum Gasteiger partial charge on any atom is -0.350 e. The SMILES string of the molecule is NC(=O)NNC(=O)[C@@H]1CC[C@@H]2CN1C(=O)N2OS(=O)(=O)O. The highest BCUT2D eigenvalue weighted by atomic mass is 32.3. The van der Waals surface area contributed by atoms with Crippen molar-refractivity contribution >= 4 is 28.4 Å². The molecule has 0 unspecified atom stereocenters. The van der Waals surface area contributed by atoms with E-state index in [9.17, 15) is 22.8 Å². The van der Waals surface area contributed by atoms with Crippen LogP contribution in [-0.4, -0.2) is 59.5 Å². The number of nitrogens with one attached hydrogen (secondary N) is 2. The fraction of sp³-hybridized carbons (Fsp3) is 0.625. The Balaban J connectivity index is 2.06. The minimum atomic E-state index is -4.83. The van der Waals surface area contributed by atoms with Crippen LogP contribution in [0.25, 0.3) is 0 Å². The van der Waals surface area contributed by atoms with Crippen LogP contribution >= 0.6 is 0 Å². The maximum Gasteiger partial charge on any atom is 0.418 e. The summed E-state index contributed by atoms with van der Waals surface area (Å²) in [5.41, 5.74) is 8.72. The normalized spacial score (nSPS) is 24.9. The van der Waals surface area contributed by atoms with Crippen LogP contribution in [0, 0.1) is 0 Å². The number of urea groups is 2.